The maximum atomic E-state index is 11.2. The van der Waals surface area contributed by atoms with Crippen LogP contribution in [0.25, 0.3) is 0 Å². The van der Waals surface area contributed by atoms with Gasteiger partial charge in [0.05, 0.1) is 5.75 Å². The van der Waals surface area contributed by atoms with Crippen LogP contribution in [0.1, 0.15) is 11.4 Å². The van der Waals surface area contributed by atoms with E-state index in [-0.39, 0.29) is 5.69 Å². The monoisotopic (exact) mass is 246 g/mol. The molecule has 0 aliphatic heterocycles. The molecular weight excluding hydrogens is 232 g/mol. The van der Waals surface area contributed by atoms with Crippen LogP contribution in [0.2, 0.25) is 0 Å². The molecule has 0 aliphatic carbocycles. The molecule has 0 atom stereocenters. The van der Waals surface area contributed by atoms with Crippen molar-refractivity contribution in [1.29, 1.82) is 0 Å². The van der Waals surface area contributed by atoms with E-state index in [9.17, 15) is 5.21 Å². The summed E-state index contributed by atoms with van der Waals surface area (Å²) >= 11 is 1.59. The number of rotatable bonds is 6. The Morgan fingerprint density at radius 3 is 3.06 bits per heavy atom. The molecular formula is C8H14N4O3S. The second-order valence-corrected chi connectivity index (χ2v) is 4.47. The van der Waals surface area contributed by atoms with Crippen LogP contribution in [0, 0.1) is 5.21 Å². The number of hydrogen-bond donors (Lipinski definition) is 1. The first kappa shape index (κ1) is 12.8. The van der Waals surface area contributed by atoms with Gasteiger partial charge in [0.15, 0.2) is 0 Å². The molecule has 90 valence electrons. The van der Waals surface area contributed by atoms with E-state index >= 15 is 0 Å². The number of nitrogens with zero attached hydrogens (tertiary/aromatic N) is 4. The lowest BCUT2D eigenvalue weighted by Gasteiger charge is -2.07. The third-order valence-corrected chi connectivity index (χ3v) is 2.78. The summed E-state index contributed by atoms with van der Waals surface area (Å²) in [6.07, 6.45) is 1.08. The molecule has 8 heteroatoms. The van der Waals surface area contributed by atoms with Crippen LogP contribution in [-0.2, 0) is 5.75 Å². The smallest absolute Gasteiger partial charge is 0.266 e. The average molecular weight is 246 g/mol. The van der Waals surface area contributed by atoms with Crippen molar-refractivity contribution in [1.82, 2.24) is 10.1 Å². The molecule has 1 N–H and O–H groups in total. The molecule has 1 aromatic rings. The number of hydrogen-bond acceptors (Lipinski definition) is 7. The van der Waals surface area contributed by atoms with Crippen LogP contribution in [0.15, 0.2) is 9.78 Å². The highest BCUT2D eigenvalue weighted by Gasteiger charge is 2.17. The molecule has 0 radical (unpaired) electrons. The predicted octanol–water partition coefficient (Wildman–Crippen LogP) is -0.0891. The minimum absolute atomic E-state index is 0.259. The molecule has 0 aromatic carbocycles. The number of thioether (sulfide) groups is 1. The van der Waals surface area contributed by atoms with Crippen molar-refractivity contribution in [3.63, 3.8) is 0 Å². The summed E-state index contributed by atoms with van der Waals surface area (Å²) in [5.41, 5.74) is 0.622. The second kappa shape index (κ2) is 6.33. The van der Waals surface area contributed by atoms with E-state index in [2.05, 4.69) is 19.8 Å². The van der Waals surface area contributed by atoms with Crippen molar-refractivity contribution in [2.24, 2.45) is 5.16 Å². The molecule has 1 aromatic heterocycles. The van der Waals surface area contributed by atoms with Gasteiger partial charge in [-0.3, -0.25) is 4.63 Å². The van der Waals surface area contributed by atoms with Gasteiger partial charge in [-0.1, -0.05) is 5.16 Å². The highest BCUT2D eigenvalue weighted by Crippen LogP contribution is 2.10. The fourth-order valence-electron chi connectivity index (χ4n) is 0.972. The molecule has 0 saturated heterocycles. The molecule has 0 aliphatic rings. The second-order valence-electron chi connectivity index (χ2n) is 3.36. The maximum Gasteiger partial charge on any atom is 0.266 e. The van der Waals surface area contributed by atoms with Crippen molar-refractivity contribution >= 4 is 18.0 Å². The van der Waals surface area contributed by atoms with Crippen LogP contribution in [0.3, 0.4) is 0 Å². The van der Waals surface area contributed by atoms with E-state index in [4.69, 9.17) is 5.21 Å². The van der Waals surface area contributed by atoms with Gasteiger partial charge >= 0.3 is 0 Å². The van der Waals surface area contributed by atoms with E-state index < -0.39 is 0 Å². The van der Waals surface area contributed by atoms with Gasteiger partial charge in [-0.2, -0.15) is 11.8 Å². The SMILES string of the molecule is CN(C)CCSCc1c(/C=N/O)no[n+]1[O-]. The summed E-state index contributed by atoms with van der Waals surface area (Å²) in [5, 5.41) is 25.8. The van der Waals surface area contributed by atoms with Crippen LogP contribution < -0.4 is 4.90 Å². The topological polar surface area (TPSA) is 88.8 Å². The van der Waals surface area contributed by atoms with Crippen LogP contribution in [0.5, 0.6) is 0 Å². The largest absolute Gasteiger partial charge is 0.411 e. The Balaban J connectivity index is 2.49. The fourth-order valence-corrected chi connectivity index (χ4v) is 2.06. The number of aromatic nitrogens is 2. The Morgan fingerprint density at radius 1 is 1.69 bits per heavy atom. The first-order chi connectivity index (χ1) is 7.65. The molecule has 0 fully saturated rings. The van der Waals surface area contributed by atoms with Crippen molar-refractivity contribution < 1.29 is 14.7 Å². The molecule has 7 nitrogen and oxygen atoms in total. The summed E-state index contributed by atoms with van der Waals surface area (Å²) in [7, 11) is 3.97. The first-order valence-electron chi connectivity index (χ1n) is 4.63. The highest BCUT2D eigenvalue weighted by molar-refractivity contribution is 7.98. The molecule has 1 rings (SSSR count). The van der Waals surface area contributed by atoms with Gasteiger partial charge in [0.2, 0.25) is 5.69 Å². The highest BCUT2D eigenvalue weighted by atomic mass is 32.2. The summed E-state index contributed by atoms with van der Waals surface area (Å²) in [4.78, 5) is 2.39. The quantitative estimate of drug-likeness (QED) is 0.248. The van der Waals surface area contributed by atoms with Gasteiger partial charge in [0.25, 0.3) is 5.69 Å². The molecule has 16 heavy (non-hydrogen) atoms. The Kier molecular flexibility index (Phi) is 5.06. The molecule has 0 bridgehead atoms. The fraction of sp³-hybridized carbons (Fsp3) is 0.625. The van der Waals surface area contributed by atoms with Crippen LogP contribution >= 0.6 is 11.8 Å². The molecule has 0 amide bonds. The zero-order valence-corrected chi connectivity index (χ0v) is 9.98. The zero-order valence-electron chi connectivity index (χ0n) is 9.16. The average Bonchev–Trinajstić information content (AvgIpc) is 2.56. The minimum atomic E-state index is 0.259. The van der Waals surface area contributed by atoms with Crippen LogP contribution in [-0.4, -0.2) is 47.9 Å². The first-order valence-corrected chi connectivity index (χ1v) is 5.79. The Morgan fingerprint density at radius 2 is 2.44 bits per heavy atom. The summed E-state index contributed by atoms with van der Waals surface area (Å²) in [6.45, 7) is 0.929. The van der Waals surface area contributed by atoms with Gasteiger partial charge in [0.1, 0.15) is 6.21 Å². The predicted molar refractivity (Wildman–Crippen MR) is 59.6 cm³/mol. The Hall–Kier alpha value is -1.28. The van der Waals surface area contributed by atoms with Crippen molar-refractivity contribution in [3.8, 4) is 0 Å². The van der Waals surface area contributed by atoms with Gasteiger partial charge in [0, 0.05) is 17.5 Å². The molecule has 0 saturated carbocycles. The molecule has 0 spiro atoms. The standard InChI is InChI=1S/C8H14N4O3S/c1-11(2)3-4-16-6-8-7(5-9-13)10-15-12(8)14/h5,13H,3-4,6H2,1-2H3/b9-5+. The minimum Gasteiger partial charge on any atom is -0.411 e. The van der Waals surface area contributed by atoms with E-state index in [0.717, 1.165) is 18.5 Å². The summed E-state index contributed by atoms with van der Waals surface area (Å²) in [6, 6.07) is 0. The zero-order chi connectivity index (χ0) is 12.0. The lowest BCUT2D eigenvalue weighted by Crippen LogP contribution is -2.28. The maximum absolute atomic E-state index is 11.2. The van der Waals surface area contributed by atoms with Crippen molar-refractivity contribution in [3.05, 3.63) is 16.6 Å². The Bertz CT molecular complexity index is 353. The van der Waals surface area contributed by atoms with Crippen molar-refractivity contribution in [2.45, 2.75) is 5.75 Å². The lowest BCUT2D eigenvalue weighted by atomic mass is 10.4. The molecule has 1 heterocycles. The van der Waals surface area contributed by atoms with Gasteiger partial charge < -0.3 is 15.3 Å². The van der Waals surface area contributed by atoms with Crippen molar-refractivity contribution in [2.75, 3.05) is 26.4 Å². The number of oxime groups is 1. The van der Waals surface area contributed by atoms with Crippen LogP contribution in [0.4, 0.5) is 0 Å². The van der Waals surface area contributed by atoms with E-state index in [0.29, 0.717) is 16.3 Å². The molecule has 0 unspecified atom stereocenters. The van der Waals surface area contributed by atoms with E-state index in [1.54, 1.807) is 11.8 Å². The third-order valence-electron chi connectivity index (χ3n) is 1.83. The van der Waals surface area contributed by atoms with E-state index in [1.165, 1.54) is 0 Å². The van der Waals surface area contributed by atoms with Gasteiger partial charge in [-0.15, -0.1) is 0 Å². The summed E-state index contributed by atoms with van der Waals surface area (Å²) in [5.74, 6) is 1.37. The normalized spacial score (nSPS) is 11.7. The third kappa shape index (κ3) is 3.70. The lowest BCUT2D eigenvalue weighted by molar-refractivity contribution is -0.807. The Labute approximate surface area is 97.2 Å². The summed E-state index contributed by atoms with van der Waals surface area (Å²) < 4.78 is 4.41. The van der Waals surface area contributed by atoms with Gasteiger partial charge in [-0.05, 0) is 19.0 Å². The van der Waals surface area contributed by atoms with E-state index in [1.807, 2.05) is 14.1 Å². The van der Waals surface area contributed by atoms with Gasteiger partial charge in [-0.25, -0.2) is 0 Å².